The van der Waals surface area contributed by atoms with E-state index in [9.17, 15) is 4.79 Å². The van der Waals surface area contributed by atoms with Gasteiger partial charge in [-0.15, -0.1) is 0 Å². The predicted octanol–water partition coefficient (Wildman–Crippen LogP) is 5.21. The molecule has 1 N–H and O–H groups in total. The lowest BCUT2D eigenvalue weighted by Crippen LogP contribution is -2.55. The summed E-state index contributed by atoms with van der Waals surface area (Å²) in [6.45, 7) is 8.23. The molecule has 0 aliphatic carbocycles. The van der Waals surface area contributed by atoms with Crippen molar-refractivity contribution in [3.8, 4) is 11.1 Å². The smallest absolute Gasteiger partial charge is 0.258 e. The number of ether oxygens (including phenoxy) is 1. The quantitative estimate of drug-likeness (QED) is 0.450. The molecule has 3 heterocycles. The number of carbonyl (C=O) groups is 1. The number of rotatable bonds is 5. The van der Waals surface area contributed by atoms with E-state index in [-0.39, 0.29) is 33.3 Å². The topological polar surface area (TPSA) is 73.8 Å². The Balaban J connectivity index is 1.52. The monoisotopic (exact) mass is 572 g/mol. The number of nitrogens with zero attached hydrogens (tertiary/aromatic N) is 5. The minimum atomic E-state index is -0.474. The average Bonchev–Trinajstić information content (AvgIpc) is 2.93. The summed E-state index contributed by atoms with van der Waals surface area (Å²) in [7, 11) is 2.08. The molecular formula is C28H31Cl2FN6O2. The van der Waals surface area contributed by atoms with Gasteiger partial charge in [0.2, 0.25) is 5.95 Å². The zero-order valence-electron chi connectivity index (χ0n) is 22.1. The van der Waals surface area contributed by atoms with Gasteiger partial charge in [0.1, 0.15) is 5.82 Å². The Morgan fingerprint density at radius 3 is 2.26 bits per heavy atom. The van der Waals surface area contributed by atoms with Gasteiger partial charge in [0.05, 0.1) is 40.2 Å². The number of nitrogens with one attached hydrogen (secondary N) is 1. The van der Waals surface area contributed by atoms with Crippen molar-refractivity contribution in [1.82, 2.24) is 14.9 Å². The first kappa shape index (κ1) is 27.6. The Bertz CT molecular complexity index is 1320. The average molecular weight is 574 g/mol. The van der Waals surface area contributed by atoms with E-state index in [1.165, 1.54) is 6.07 Å². The van der Waals surface area contributed by atoms with Gasteiger partial charge in [-0.1, -0.05) is 29.3 Å². The summed E-state index contributed by atoms with van der Waals surface area (Å²) in [6.07, 6.45) is 3.21. The summed E-state index contributed by atoms with van der Waals surface area (Å²) in [5, 5.41) is 3.42. The molecule has 2 fully saturated rings. The number of benzene rings is 2. The van der Waals surface area contributed by atoms with E-state index in [1.807, 2.05) is 4.90 Å². The van der Waals surface area contributed by atoms with Crippen molar-refractivity contribution >= 4 is 46.4 Å². The number of hydrogen-bond donors (Lipinski definition) is 1. The molecule has 2 saturated heterocycles. The van der Waals surface area contributed by atoms with Crippen LogP contribution in [0.4, 0.5) is 21.7 Å². The fraction of sp³-hybridized carbons (Fsp3) is 0.393. The van der Waals surface area contributed by atoms with Crippen LogP contribution in [0.5, 0.6) is 0 Å². The van der Waals surface area contributed by atoms with Crippen molar-refractivity contribution in [1.29, 1.82) is 0 Å². The van der Waals surface area contributed by atoms with Crippen LogP contribution in [0.1, 0.15) is 24.2 Å². The summed E-state index contributed by atoms with van der Waals surface area (Å²) >= 11 is 12.6. The first-order chi connectivity index (χ1) is 18.7. The Hall–Kier alpha value is -2.98. The third-order valence-corrected chi connectivity index (χ3v) is 8.10. The standard InChI is InChI=1S/C28H31Cl2FN6O2/c1-17-15-37(16-18(2)35(17)3)25-12-23(31)20(19-13-32-28(33-14-19)36-7-9-39-10-8-36)11-24(25)34-27(38)26-21(29)5-4-6-22(26)30/h4-6,11-14,17-18H,7-10,15-16H2,1-3H3,(H,34,38). The molecule has 0 spiro atoms. The summed E-state index contributed by atoms with van der Waals surface area (Å²) in [6, 6.07) is 8.47. The van der Waals surface area contributed by atoms with Gasteiger partial charge in [-0.2, -0.15) is 0 Å². The molecule has 1 aromatic heterocycles. The Morgan fingerprint density at radius 1 is 1.03 bits per heavy atom. The lowest BCUT2D eigenvalue weighted by atomic mass is 10.0. The second-order valence-corrected chi connectivity index (χ2v) is 10.9. The summed E-state index contributed by atoms with van der Waals surface area (Å²) in [5.41, 5.74) is 1.99. The van der Waals surface area contributed by atoms with E-state index in [0.717, 1.165) is 0 Å². The summed E-state index contributed by atoms with van der Waals surface area (Å²) in [4.78, 5) is 28.8. The van der Waals surface area contributed by atoms with Gasteiger partial charge in [0.15, 0.2) is 0 Å². The van der Waals surface area contributed by atoms with Gasteiger partial charge >= 0.3 is 0 Å². The van der Waals surface area contributed by atoms with E-state index in [4.69, 9.17) is 27.9 Å². The maximum atomic E-state index is 15.7. The molecule has 1 amide bonds. The summed E-state index contributed by atoms with van der Waals surface area (Å²) in [5.74, 6) is -0.333. The molecular weight excluding hydrogens is 542 g/mol. The normalized spacial score (nSPS) is 20.3. The number of carbonyl (C=O) groups excluding carboxylic acids is 1. The molecule has 2 aliphatic rings. The number of hydrogen-bond acceptors (Lipinski definition) is 7. The lowest BCUT2D eigenvalue weighted by molar-refractivity contribution is 0.102. The third kappa shape index (κ3) is 5.82. The fourth-order valence-electron chi connectivity index (χ4n) is 5.03. The van der Waals surface area contributed by atoms with E-state index < -0.39 is 11.7 Å². The number of aromatic nitrogens is 2. The van der Waals surface area contributed by atoms with Crippen molar-refractivity contribution < 1.29 is 13.9 Å². The number of amides is 1. The molecule has 2 aliphatic heterocycles. The van der Waals surface area contributed by atoms with Crippen LogP contribution in [-0.2, 0) is 4.74 Å². The highest BCUT2D eigenvalue weighted by molar-refractivity contribution is 6.40. The predicted molar refractivity (Wildman–Crippen MR) is 154 cm³/mol. The molecule has 206 valence electrons. The molecule has 2 atom stereocenters. The van der Waals surface area contributed by atoms with Crippen LogP contribution in [0, 0.1) is 5.82 Å². The number of morpholine rings is 1. The third-order valence-electron chi connectivity index (χ3n) is 7.47. The van der Waals surface area contributed by atoms with E-state index in [1.54, 1.807) is 36.7 Å². The van der Waals surface area contributed by atoms with Gasteiger partial charge in [-0.25, -0.2) is 14.4 Å². The molecule has 0 saturated carbocycles. The lowest BCUT2D eigenvalue weighted by Gasteiger charge is -2.44. The van der Waals surface area contributed by atoms with Crippen LogP contribution in [0.15, 0.2) is 42.7 Å². The number of likely N-dealkylation sites (N-methyl/N-ethyl adjacent to an activating group) is 1. The zero-order valence-corrected chi connectivity index (χ0v) is 23.6. The molecule has 8 nitrogen and oxygen atoms in total. The molecule has 2 unspecified atom stereocenters. The van der Waals surface area contributed by atoms with Crippen LogP contribution >= 0.6 is 23.2 Å². The van der Waals surface area contributed by atoms with Gasteiger partial charge in [0.25, 0.3) is 5.91 Å². The van der Waals surface area contributed by atoms with Gasteiger partial charge in [0, 0.05) is 61.8 Å². The zero-order chi connectivity index (χ0) is 27.7. The van der Waals surface area contributed by atoms with Crippen molar-refractivity contribution in [2.75, 3.05) is 61.6 Å². The minimum absolute atomic E-state index is 0.163. The van der Waals surface area contributed by atoms with Crippen LogP contribution in [0.3, 0.4) is 0 Å². The number of piperazine rings is 1. The molecule has 11 heteroatoms. The minimum Gasteiger partial charge on any atom is -0.378 e. The SMILES string of the molecule is CC1CN(c2cc(F)c(-c3cnc(N4CCOCC4)nc3)cc2NC(=O)c2c(Cl)cccc2Cl)CC(C)N1C. The first-order valence-electron chi connectivity index (χ1n) is 12.9. The Kier molecular flexibility index (Phi) is 8.23. The van der Waals surface area contributed by atoms with Crippen molar-refractivity contribution in [3.05, 3.63) is 64.2 Å². The van der Waals surface area contributed by atoms with E-state index in [2.05, 4.69) is 46.0 Å². The highest BCUT2D eigenvalue weighted by Crippen LogP contribution is 2.37. The van der Waals surface area contributed by atoms with Crippen LogP contribution in [0.25, 0.3) is 11.1 Å². The highest BCUT2D eigenvalue weighted by atomic mass is 35.5. The maximum Gasteiger partial charge on any atom is 0.258 e. The van der Waals surface area contributed by atoms with E-state index >= 15 is 4.39 Å². The molecule has 5 rings (SSSR count). The number of halogens is 3. The van der Waals surface area contributed by atoms with Crippen molar-refractivity contribution in [3.63, 3.8) is 0 Å². The van der Waals surface area contributed by atoms with Gasteiger partial charge in [-0.3, -0.25) is 9.69 Å². The Morgan fingerprint density at radius 2 is 1.64 bits per heavy atom. The fourth-order valence-corrected chi connectivity index (χ4v) is 5.60. The van der Waals surface area contributed by atoms with Gasteiger partial charge < -0.3 is 19.9 Å². The van der Waals surface area contributed by atoms with Gasteiger partial charge in [-0.05, 0) is 45.2 Å². The molecule has 2 aromatic carbocycles. The van der Waals surface area contributed by atoms with Crippen LogP contribution < -0.4 is 15.1 Å². The summed E-state index contributed by atoms with van der Waals surface area (Å²) < 4.78 is 21.1. The highest BCUT2D eigenvalue weighted by Gasteiger charge is 2.29. The van der Waals surface area contributed by atoms with Crippen molar-refractivity contribution in [2.45, 2.75) is 25.9 Å². The van der Waals surface area contributed by atoms with Crippen molar-refractivity contribution in [2.24, 2.45) is 0 Å². The van der Waals surface area contributed by atoms with E-state index in [0.29, 0.717) is 62.3 Å². The number of anilines is 3. The van der Waals surface area contributed by atoms with Crippen LogP contribution in [-0.4, -0.2) is 79.3 Å². The largest absolute Gasteiger partial charge is 0.378 e. The Labute approximate surface area is 237 Å². The second kappa shape index (κ2) is 11.6. The molecule has 39 heavy (non-hydrogen) atoms. The first-order valence-corrected chi connectivity index (χ1v) is 13.7. The maximum absolute atomic E-state index is 15.7. The second-order valence-electron chi connectivity index (χ2n) is 10.0. The molecule has 0 bridgehead atoms. The molecule has 3 aromatic rings. The molecule has 0 radical (unpaired) electrons. The van der Waals surface area contributed by atoms with Crippen LogP contribution in [0.2, 0.25) is 10.0 Å².